The zero-order valence-electron chi connectivity index (χ0n) is 24.3. The molecule has 0 fully saturated rings. The van der Waals surface area contributed by atoms with Crippen LogP contribution in [0, 0.1) is 0 Å². The highest BCUT2D eigenvalue weighted by Gasteiger charge is 2.19. The standard InChI is InChI=1S/C38H23N7S/c1-3-13-32-27(9-1)28-23-26(24-15-17-25(18-16-24)37-41-29-10-2-4-14-34(29)46-37)19-20-33(28)45(32)38-43-35(30-11-5-7-21-39-30)42-36(44-38)31-12-6-8-22-40-31/h1-23H. The molecule has 216 valence electrons. The van der Waals surface area contributed by atoms with Gasteiger partial charge < -0.3 is 0 Å². The smallest absolute Gasteiger partial charge is 0.238 e. The Balaban J connectivity index is 1.18. The maximum atomic E-state index is 4.95. The molecule has 0 spiro atoms. The molecule has 46 heavy (non-hydrogen) atoms. The monoisotopic (exact) mass is 609 g/mol. The van der Waals surface area contributed by atoms with Crippen LogP contribution in [-0.4, -0.2) is 34.5 Å². The Labute approximate surface area is 267 Å². The van der Waals surface area contributed by atoms with Gasteiger partial charge in [-0.1, -0.05) is 72.8 Å². The molecule has 7 nitrogen and oxygen atoms in total. The largest absolute Gasteiger partial charge is 0.278 e. The molecule has 5 heterocycles. The van der Waals surface area contributed by atoms with Crippen LogP contribution in [0.1, 0.15) is 0 Å². The minimum atomic E-state index is 0.488. The molecular formula is C38H23N7S. The molecule has 4 aromatic carbocycles. The summed E-state index contributed by atoms with van der Waals surface area (Å²) in [4.78, 5) is 28.6. The molecule has 0 atom stereocenters. The van der Waals surface area contributed by atoms with Gasteiger partial charge in [0, 0.05) is 28.7 Å². The molecule has 0 amide bonds. The van der Waals surface area contributed by atoms with E-state index >= 15 is 0 Å². The number of hydrogen-bond donors (Lipinski definition) is 0. The molecule has 5 aromatic heterocycles. The highest BCUT2D eigenvalue weighted by Crippen LogP contribution is 2.36. The highest BCUT2D eigenvalue weighted by atomic mass is 32.1. The summed E-state index contributed by atoms with van der Waals surface area (Å²) in [6, 6.07) is 43.3. The van der Waals surface area contributed by atoms with Crippen LogP contribution >= 0.6 is 11.3 Å². The van der Waals surface area contributed by atoms with Gasteiger partial charge in [0.2, 0.25) is 5.95 Å². The number of nitrogens with zero attached hydrogens (tertiary/aromatic N) is 7. The third-order valence-corrected chi connectivity index (χ3v) is 9.13. The molecule has 0 radical (unpaired) electrons. The Morgan fingerprint density at radius 1 is 0.478 bits per heavy atom. The van der Waals surface area contributed by atoms with Crippen molar-refractivity contribution < 1.29 is 0 Å². The molecule has 9 rings (SSSR count). The van der Waals surface area contributed by atoms with E-state index < -0.39 is 0 Å². The third-order valence-electron chi connectivity index (χ3n) is 8.04. The number of benzene rings is 4. The fourth-order valence-electron chi connectivity index (χ4n) is 5.85. The molecule has 0 bridgehead atoms. The van der Waals surface area contributed by atoms with Crippen LogP contribution in [0.4, 0.5) is 0 Å². The molecule has 0 saturated carbocycles. The molecule has 0 aliphatic carbocycles. The van der Waals surface area contributed by atoms with Crippen molar-refractivity contribution in [2.24, 2.45) is 0 Å². The number of aromatic nitrogens is 7. The minimum absolute atomic E-state index is 0.488. The van der Waals surface area contributed by atoms with E-state index in [4.69, 9.17) is 19.9 Å². The number of para-hydroxylation sites is 2. The summed E-state index contributed by atoms with van der Waals surface area (Å²) in [5.41, 5.74) is 7.76. The molecule has 9 aromatic rings. The fourth-order valence-corrected chi connectivity index (χ4v) is 6.82. The van der Waals surface area contributed by atoms with E-state index in [-0.39, 0.29) is 0 Å². The maximum Gasteiger partial charge on any atom is 0.238 e. The summed E-state index contributed by atoms with van der Waals surface area (Å²) in [7, 11) is 0. The third kappa shape index (κ3) is 4.51. The Morgan fingerprint density at radius 3 is 1.83 bits per heavy atom. The second-order valence-corrected chi connectivity index (χ2v) is 11.9. The van der Waals surface area contributed by atoms with E-state index in [0.717, 1.165) is 49.0 Å². The van der Waals surface area contributed by atoms with E-state index in [0.29, 0.717) is 29.0 Å². The number of rotatable bonds is 5. The van der Waals surface area contributed by atoms with Crippen LogP contribution in [0.5, 0.6) is 0 Å². The van der Waals surface area contributed by atoms with Crippen molar-refractivity contribution in [3.05, 3.63) is 140 Å². The van der Waals surface area contributed by atoms with Crippen LogP contribution in [0.3, 0.4) is 0 Å². The van der Waals surface area contributed by atoms with Crippen molar-refractivity contribution in [3.8, 4) is 50.7 Å². The number of fused-ring (bicyclic) bond motifs is 4. The van der Waals surface area contributed by atoms with Crippen LogP contribution in [0.2, 0.25) is 0 Å². The number of hydrogen-bond acceptors (Lipinski definition) is 7. The van der Waals surface area contributed by atoms with E-state index in [1.165, 1.54) is 4.70 Å². The van der Waals surface area contributed by atoms with E-state index in [9.17, 15) is 0 Å². The van der Waals surface area contributed by atoms with Gasteiger partial charge in [0.15, 0.2) is 11.6 Å². The van der Waals surface area contributed by atoms with Crippen molar-refractivity contribution in [2.45, 2.75) is 0 Å². The molecule has 0 aliphatic rings. The molecule has 0 unspecified atom stereocenters. The van der Waals surface area contributed by atoms with Crippen molar-refractivity contribution in [1.82, 2.24) is 34.5 Å². The minimum Gasteiger partial charge on any atom is -0.278 e. The van der Waals surface area contributed by atoms with Gasteiger partial charge in [-0.25, -0.2) is 9.97 Å². The lowest BCUT2D eigenvalue weighted by atomic mass is 10.0. The summed E-state index contributed by atoms with van der Waals surface area (Å²) >= 11 is 1.72. The Morgan fingerprint density at radius 2 is 1.11 bits per heavy atom. The first-order chi connectivity index (χ1) is 22.8. The number of thiazole rings is 1. The van der Waals surface area contributed by atoms with Gasteiger partial charge in [0.05, 0.1) is 21.3 Å². The van der Waals surface area contributed by atoms with Crippen molar-refractivity contribution in [1.29, 1.82) is 0 Å². The van der Waals surface area contributed by atoms with Crippen LogP contribution in [0.25, 0.3) is 82.7 Å². The average molecular weight is 610 g/mol. The average Bonchev–Trinajstić information content (AvgIpc) is 3.72. The normalized spacial score (nSPS) is 11.5. The lowest BCUT2D eigenvalue weighted by molar-refractivity contribution is 0.943. The van der Waals surface area contributed by atoms with Gasteiger partial charge in [-0.05, 0) is 65.7 Å². The van der Waals surface area contributed by atoms with Gasteiger partial charge in [-0.3, -0.25) is 14.5 Å². The van der Waals surface area contributed by atoms with Gasteiger partial charge in [0.1, 0.15) is 16.4 Å². The quantitative estimate of drug-likeness (QED) is 0.194. The maximum absolute atomic E-state index is 4.95. The van der Waals surface area contributed by atoms with Gasteiger partial charge in [-0.15, -0.1) is 11.3 Å². The van der Waals surface area contributed by atoms with E-state index in [1.54, 1.807) is 23.7 Å². The summed E-state index contributed by atoms with van der Waals surface area (Å²) < 4.78 is 3.30. The lowest BCUT2D eigenvalue weighted by Crippen LogP contribution is -2.07. The molecular weight excluding hydrogens is 587 g/mol. The molecule has 0 N–H and O–H groups in total. The van der Waals surface area contributed by atoms with Crippen molar-refractivity contribution >= 4 is 43.4 Å². The zero-order valence-corrected chi connectivity index (χ0v) is 25.1. The van der Waals surface area contributed by atoms with Crippen LogP contribution in [0.15, 0.2) is 140 Å². The summed E-state index contributed by atoms with van der Waals surface area (Å²) in [6.07, 6.45) is 3.49. The first-order valence-corrected chi connectivity index (χ1v) is 15.7. The highest BCUT2D eigenvalue weighted by molar-refractivity contribution is 7.21. The van der Waals surface area contributed by atoms with Gasteiger partial charge in [0.25, 0.3) is 0 Å². The second kappa shape index (κ2) is 10.8. The topological polar surface area (TPSA) is 82.3 Å². The Hall–Kier alpha value is -6.12. The SMILES string of the molecule is c1ccc(-c2nc(-c3ccccn3)nc(-n3c4ccccc4c4cc(-c5ccc(-c6nc7ccccc7s6)cc5)ccc43)n2)nc1. The predicted octanol–water partition coefficient (Wildman–Crippen LogP) is 9.04. The zero-order chi connectivity index (χ0) is 30.5. The Bertz CT molecular complexity index is 2430. The van der Waals surface area contributed by atoms with Crippen molar-refractivity contribution in [3.63, 3.8) is 0 Å². The fraction of sp³-hybridized carbons (Fsp3) is 0. The first kappa shape index (κ1) is 26.3. The van der Waals surface area contributed by atoms with Crippen LogP contribution in [-0.2, 0) is 0 Å². The summed E-state index contributed by atoms with van der Waals surface area (Å²) in [5.74, 6) is 1.49. The van der Waals surface area contributed by atoms with E-state index in [1.807, 2.05) is 48.5 Å². The first-order valence-electron chi connectivity index (χ1n) is 14.9. The van der Waals surface area contributed by atoms with Gasteiger partial charge in [-0.2, -0.15) is 9.97 Å². The predicted molar refractivity (Wildman–Crippen MR) is 185 cm³/mol. The summed E-state index contributed by atoms with van der Waals surface area (Å²) in [5, 5.41) is 3.26. The summed E-state index contributed by atoms with van der Waals surface area (Å²) in [6.45, 7) is 0. The number of pyridine rings is 2. The van der Waals surface area contributed by atoms with Gasteiger partial charge >= 0.3 is 0 Å². The Kier molecular flexibility index (Phi) is 6.17. The van der Waals surface area contributed by atoms with Crippen LogP contribution < -0.4 is 0 Å². The lowest BCUT2D eigenvalue weighted by Gasteiger charge is -2.10. The van der Waals surface area contributed by atoms with E-state index in [2.05, 4.69) is 93.4 Å². The second-order valence-electron chi connectivity index (χ2n) is 10.9. The van der Waals surface area contributed by atoms with Crippen molar-refractivity contribution in [2.75, 3.05) is 0 Å². The molecule has 0 aliphatic heterocycles. The molecule has 8 heteroatoms. The molecule has 0 saturated heterocycles.